The molecule has 1 aliphatic heterocycles. The van der Waals surface area contributed by atoms with Crippen LogP contribution in [-0.4, -0.2) is 68.1 Å². The van der Waals surface area contributed by atoms with Gasteiger partial charge in [-0.1, -0.05) is 0 Å². The van der Waals surface area contributed by atoms with Crippen molar-refractivity contribution < 1.29 is 18.7 Å². The van der Waals surface area contributed by atoms with E-state index in [9.17, 15) is 9.59 Å². The van der Waals surface area contributed by atoms with Crippen molar-refractivity contribution in [3.05, 3.63) is 48.0 Å². The Bertz CT molecular complexity index is 739. The zero-order chi connectivity index (χ0) is 18.4. The van der Waals surface area contributed by atoms with Crippen LogP contribution in [-0.2, 0) is 4.74 Å². The fourth-order valence-corrected chi connectivity index (χ4v) is 2.80. The number of aromatic nitrogens is 1. The molecule has 0 saturated carbocycles. The van der Waals surface area contributed by atoms with Crippen LogP contribution in [0, 0.1) is 0 Å². The average Bonchev–Trinajstić information content (AvgIpc) is 3.22. The van der Waals surface area contributed by atoms with Crippen LogP contribution < -0.4 is 10.2 Å². The molecular weight excluding hydrogens is 336 g/mol. The summed E-state index contributed by atoms with van der Waals surface area (Å²) in [4.78, 5) is 32.6. The van der Waals surface area contributed by atoms with Crippen molar-refractivity contribution in [2.45, 2.75) is 0 Å². The smallest absolute Gasteiger partial charge is 0.289 e. The van der Waals surface area contributed by atoms with E-state index in [4.69, 9.17) is 9.15 Å². The Balaban J connectivity index is 1.58. The lowest BCUT2D eigenvalue weighted by Crippen LogP contribution is -2.49. The molecule has 0 unspecified atom stereocenters. The first kappa shape index (κ1) is 17.9. The molecule has 0 aliphatic carbocycles. The predicted molar refractivity (Wildman–Crippen MR) is 95.3 cm³/mol. The molecule has 1 aliphatic rings. The zero-order valence-electron chi connectivity index (χ0n) is 14.7. The molecule has 1 fully saturated rings. The van der Waals surface area contributed by atoms with Gasteiger partial charge >= 0.3 is 0 Å². The highest BCUT2D eigenvalue weighted by Gasteiger charge is 2.24. The van der Waals surface area contributed by atoms with Gasteiger partial charge in [-0.2, -0.15) is 0 Å². The van der Waals surface area contributed by atoms with E-state index in [0.29, 0.717) is 50.7 Å². The third kappa shape index (κ3) is 4.20. The molecule has 0 bridgehead atoms. The molecule has 2 aromatic rings. The largest absolute Gasteiger partial charge is 0.459 e. The fourth-order valence-electron chi connectivity index (χ4n) is 2.80. The van der Waals surface area contributed by atoms with Crippen LogP contribution >= 0.6 is 0 Å². The second-order valence-corrected chi connectivity index (χ2v) is 5.91. The number of carbonyl (C=O) groups excluding carboxylic acids is 2. The standard InChI is InChI=1S/C18H22N4O4/c1-25-12-6-20-17(23)14-4-5-19-16(13-14)21-7-9-22(10-8-21)18(24)15-3-2-11-26-15/h2-5,11,13H,6-10,12H2,1H3,(H,20,23). The number of ether oxygens (including phenoxy) is 1. The molecular formula is C18H22N4O4. The van der Waals surface area contributed by atoms with Crippen LogP contribution in [0.4, 0.5) is 5.82 Å². The molecule has 3 rings (SSSR count). The number of pyridine rings is 1. The lowest BCUT2D eigenvalue weighted by atomic mass is 10.2. The van der Waals surface area contributed by atoms with Gasteiger partial charge in [-0.3, -0.25) is 9.59 Å². The summed E-state index contributed by atoms with van der Waals surface area (Å²) in [5, 5.41) is 2.79. The van der Waals surface area contributed by atoms with Gasteiger partial charge in [-0.15, -0.1) is 0 Å². The maximum absolute atomic E-state index is 12.3. The zero-order valence-corrected chi connectivity index (χ0v) is 14.7. The van der Waals surface area contributed by atoms with E-state index in [2.05, 4.69) is 15.2 Å². The number of amides is 2. The molecule has 8 heteroatoms. The third-order valence-corrected chi connectivity index (χ3v) is 4.22. The number of methoxy groups -OCH3 is 1. The summed E-state index contributed by atoms with van der Waals surface area (Å²) in [6.45, 7) is 3.37. The van der Waals surface area contributed by atoms with E-state index in [0.717, 1.165) is 5.82 Å². The highest BCUT2D eigenvalue weighted by molar-refractivity contribution is 5.95. The van der Waals surface area contributed by atoms with Crippen molar-refractivity contribution in [1.82, 2.24) is 15.2 Å². The Labute approximate surface area is 151 Å². The molecule has 1 saturated heterocycles. The van der Waals surface area contributed by atoms with Crippen molar-refractivity contribution in [2.24, 2.45) is 0 Å². The molecule has 0 aromatic carbocycles. The Morgan fingerprint density at radius 3 is 2.77 bits per heavy atom. The lowest BCUT2D eigenvalue weighted by molar-refractivity contribution is 0.0714. The normalized spacial score (nSPS) is 14.3. The van der Waals surface area contributed by atoms with Gasteiger partial charge in [0, 0.05) is 51.6 Å². The summed E-state index contributed by atoms with van der Waals surface area (Å²) in [6, 6.07) is 6.83. The van der Waals surface area contributed by atoms with E-state index in [1.807, 2.05) is 0 Å². The van der Waals surface area contributed by atoms with Gasteiger partial charge in [0.25, 0.3) is 11.8 Å². The first-order chi connectivity index (χ1) is 12.7. The number of furan rings is 1. The van der Waals surface area contributed by atoms with E-state index in [1.165, 1.54) is 6.26 Å². The van der Waals surface area contributed by atoms with Crippen molar-refractivity contribution >= 4 is 17.6 Å². The minimum absolute atomic E-state index is 0.103. The number of piperazine rings is 1. The molecule has 8 nitrogen and oxygen atoms in total. The monoisotopic (exact) mass is 358 g/mol. The molecule has 2 amide bonds. The van der Waals surface area contributed by atoms with Crippen LogP contribution in [0.1, 0.15) is 20.9 Å². The van der Waals surface area contributed by atoms with Gasteiger partial charge in [0.2, 0.25) is 0 Å². The van der Waals surface area contributed by atoms with Crippen LogP contribution in [0.5, 0.6) is 0 Å². The molecule has 138 valence electrons. The number of carbonyl (C=O) groups is 2. The fraction of sp³-hybridized carbons (Fsp3) is 0.389. The van der Waals surface area contributed by atoms with E-state index in [1.54, 1.807) is 42.5 Å². The number of hydrogen-bond acceptors (Lipinski definition) is 6. The van der Waals surface area contributed by atoms with Gasteiger partial charge < -0.3 is 24.3 Å². The highest BCUT2D eigenvalue weighted by atomic mass is 16.5. The molecule has 0 spiro atoms. The molecule has 1 N–H and O–H groups in total. The molecule has 3 heterocycles. The van der Waals surface area contributed by atoms with E-state index in [-0.39, 0.29) is 11.8 Å². The van der Waals surface area contributed by atoms with Gasteiger partial charge in [0.1, 0.15) is 5.82 Å². The average molecular weight is 358 g/mol. The van der Waals surface area contributed by atoms with Gasteiger partial charge in [-0.25, -0.2) is 4.98 Å². The quantitative estimate of drug-likeness (QED) is 0.776. The summed E-state index contributed by atoms with van der Waals surface area (Å²) in [5.41, 5.74) is 0.556. The third-order valence-electron chi connectivity index (χ3n) is 4.22. The Kier molecular flexibility index (Phi) is 5.85. The first-order valence-electron chi connectivity index (χ1n) is 8.50. The maximum Gasteiger partial charge on any atom is 0.289 e. The second kappa shape index (κ2) is 8.48. The van der Waals surface area contributed by atoms with Gasteiger partial charge in [0.15, 0.2) is 5.76 Å². The number of nitrogens with one attached hydrogen (secondary N) is 1. The van der Waals surface area contributed by atoms with Crippen LogP contribution in [0.25, 0.3) is 0 Å². The maximum atomic E-state index is 12.3. The van der Waals surface area contributed by atoms with Gasteiger partial charge in [0.05, 0.1) is 12.9 Å². The Hall–Kier alpha value is -2.87. The number of nitrogens with zero attached hydrogens (tertiary/aromatic N) is 3. The van der Waals surface area contributed by atoms with Gasteiger partial charge in [-0.05, 0) is 24.3 Å². The summed E-state index contributed by atoms with van der Waals surface area (Å²) >= 11 is 0. The summed E-state index contributed by atoms with van der Waals surface area (Å²) in [7, 11) is 1.59. The summed E-state index contributed by atoms with van der Waals surface area (Å²) in [6.07, 6.45) is 3.12. The molecule has 2 aromatic heterocycles. The van der Waals surface area contributed by atoms with Crippen LogP contribution in [0.15, 0.2) is 41.1 Å². The van der Waals surface area contributed by atoms with E-state index < -0.39 is 0 Å². The number of rotatable bonds is 6. The van der Waals surface area contributed by atoms with Crippen LogP contribution in [0.2, 0.25) is 0 Å². The minimum atomic E-state index is -0.155. The van der Waals surface area contributed by atoms with Crippen LogP contribution in [0.3, 0.4) is 0 Å². The van der Waals surface area contributed by atoms with Crippen molar-refractivity contribution in [1.29, 1.82) is 0 Å². The Morgan fingerprint density at radius 2 is 2.08 bits per heavy atom. The SMILES string of the molecule is COCCNC(=O)c1ccnc(N2CCN(C(=O)c3ccco3)CC2)c1. The van der Waals surface area contributed by atoms with Crippen molar-refractivity contribution in [3.8, 4) is 0 Å². The molecule has 0 atom stereocenters. The Morgan fingerprint density at radius 1 is 1.27 bits per heavy atom. The second-order valence-electron chi connectivity index (χ2n) is 5.91. The first-order valence-corrected chi connectivity index (χ1v) is 8.50. The summed E-state index contributed by atoms with van der Waals surface area (Å²) < 4.78 is 10.1. The molecule has 26 heavy (non-hydrogen) atoms. The number of hydrogen-bond donors (Lipinski definition) is 1. The minimum Gasteiger partial charge on any atom is -0.459 e. The van der Waals surface area contributed by atoms with Crippen molar-refractivity contribution in [2.75, 3.05) is 51.3 Å². The highest BCUT2D eigenvalue weighted by Crippen LogP contribution is 2.16. The predicted octanol–water partition coefficient (Wildman–Crippen LogP) is 1.01. The van der Waals surface area contributed by atoms with Crippen molar-refractivity contribution in [3.63, 3.8) is 0 Å². The topological polar surface area (TPSA) is 87.9 Å². The lowest BCUT2D eigenvalue weighted by Gasteiger charge is -2.35. The van der Waals surface area contributed by atoms with E-state index >= 15 is 0 Å². The number of anilines is 1. The summed E-state index contributed by atoms with van der Waals surface area (Å²) in [5.74, 6) is 0.826. The molecule has 0 radical (unpaired) electrons.